The van der Waals surface area contributed by atoms with E-state index < -0.39 is 21.8 Å². The predicted octanol–water partition coefficient (Wildman–Crippen LogP) is 3.37. The van der Waals surface area contributed by atoms with Crippen LogP contribution < -0.4 is 11.1 Å². The Hall–Kier alpha value is -1.50. The fourth-order valence-corrected chi connectivity index (χ4v) is 8.81. The van der Waals surface area contributed by atoms with Crippen molar-refractivity contribution in [1.29, 1.82) is 0 Å². The highest BCUT2D eigenvalue weighted by Crippen LogP contribution is 2.38. The Labute approximate surface area is 206 Å². The first-order valence-electron chi connectivity index (χ1n) is 10.8. The average Bonchev–Trinajstić information content (AvgIpc) is 3.36. The highest BCUT2D eigenvalue weighted by molar-refractivity contribution is 7.91. The van der Waals surface area contributed by atoms with Gasteiger partial charge in [0.1, 0.15) is 9.21 Å². The topological polar surface area (TPSA) is 113 Å². The second kappa shape index (κ2) is 9.63. The number of amides is 2. The summed E-state index contributed by atoms with van der Waals surface area (Å²) in [5.41, 5.74) is 6.99. The van der Waals surface area contributed by atoms with Gasteiger partial charge in [-0.2, -0.15) is 4.31 Å². The summed E-state index contributed by atoms with van der Waals surface area (Å²) in [5.74, 6) is -1.36. The van der Waals surface area contributed by atoms with Gasteiger partial charge in [-0.3, -0.25) is 14.5 Å². The first-order valence-corrected chi connectivity index (χ1v) is 14.3. The summed E-state index contributed by atoms with van der Waals surface area (Å²) in [6.45, 7) is 6.24. The molecule has 4 heterocycles. The molecule has 1 atom stereocenters. The molecule has 2 aromatic rings. The average molecular weight is 531 g/mol. The number of piperidine rings is 1. The number of rotatable bonds is 6. The quantitative estimate of drug-likeness (QED) is 0.594. The number of halogens is 1. The Kier molecular flexibility index (Phi) is 7.18. The number of anilines is 1. The van der Waals surface area contributed by atoms with Crippen LogP contribution in [0.25, 0.3) is 0 Å². The van der Waals surface area contributed by atoms with Gasteiger partial charge in [-0.25, -0.2) is 8.42 Å². The lowest BCUT2D eigenvalue weighted by Crippen LogP contribution is -2.43. The number of sulfonamides is 1. The van der Waals surface area contributed by atoms with E-state index in [0.29, 0.717) is 53.3 Å². The van der Waals surface area contributed by atoms with E-state index in [1.807, 2.05) is 0 Å². The zero-order valence-electron chi connectivity index (χ0n) is 18.5. The summed E-state index contributed by atoms with van der Waals surface area (Å²) in [6, 6.07) is 3.42. The van der Waals surface area contributed by atoms with Crippen molar-refractivity contribution in [1.82, 2.24) is 9.21 Å². The van der Waals surface area contributed by atoms with E-state index in [1.165, 1.54) is 21.7 Å². The number of carbonyl (C=O) groups is 2. The molecule has 0 radical (unpaired) electrons. The van der Waals surface area contributed by atoms with Crippen LogP contribution in [0.4, 0.5) is 5.00 Å². The molecule has 0 bridgehead atoms. The minimum absolute atomic E-state index is 0.0851. The lowest BCUT2D eigenvalue weighted by molar-refractivity contribution is -0.120. The first-order chi connectivity index (χ1) is 15.6. The normalized spacial score (nSPS) is 20.1. The molecule has 0 saturated carbocycles. The van der Waals surface area contributed by atoms with Crippen molar-refractivity contribution < 1.29 is 18.0 Å². The molecule has 1 saturated heterocycles. The van der Waals surface area contributed by atoms with Gasteiger partial charge in [0.25, 0.3) is 15.9 Å². The summed E-state index contributed by atoms with van der Waals surface area (Å²) >= 11 is 8.31. The Balaban J connectivity index is 1.52. The molecule has 8 nitrogen and oxygen atoms in total. The van der Waals surface area contributed by atoms with E-state index >= 15 is 0 Å². The summed E-state index contributed by atoms with van der Waals surface area (Å²) in [7, 11) is -3.71. The standard InChI is InChI=1S/C21H27ClN4O4S3/c1-12(2)25-9-7-14-15(11-25)31-21(18(14)19(23)27)24-20(28)13-4-3-8-26(10-13)33(29,30)17-6-5-16(22)32-17/h5-6,12-13H,3-4,7-11H2,1-2H3,(H2,23,27)(H,24,28). The number of hydrogen-bond donors (Lipinski definition) is 2. The number of thiophene rings is 2. The van der Waals surface area contributed by atoms with E-state index in [1.54, 1.807) is 6.07 Å². The Bertz CT molecular complexity index is 1170. The fourth-order valence-electron chi connectivity index (χ4n) is 4.37. The Morgan fingerprint density at radius 1 is 1.24 bits per heavy atom. The summed E-state index contributed by atoms with van der Waals surface area (Å²) < 4.78 is 27.9. The zero-order chi connectivity index (χ0) is 23.9. The molecular formula is C21H27ClN4O4S3. The third-order valence-corrected chi connectivity index (χ3v) is 10.9. The van der Waals surface area contributed by atoms with Crippen molar-refractivity contribution in [3.05, 3.63) is 32.5 Å². The number of nitrogens with zero attached hydrogens (tertiary/aromatic N) is 2. The van der Waals surface area contributed by atoms with Gasteiger partial charge in [-0.05, 0) is 50.8 Å². The fraction of sp³-hybridized carbons (Fsp3) is 0.524. The van der Waals surface area contributed by atoms with Crippen molar-refractivity contribution in [2.24, 2.45) is 11.7 Å². The number of carbonyl (C=O) groups excluding carboxylic acids is 2. The molecule has 1 unspecified atom stereocenters. The number of nitrogens with two attached hydrogens (primary N) is 1. The van der Waals surface area contributed by atoms with Crippen molar-refractivity contribution in [2.45, 2.75) is 49.9 Å². The van der Waals surface area contributed by atoms with Crippen LogP contribution in [0.5, 0.6) is 0 Å². The molecule has 0 aliphatic carbocycles. The van der Waals surface area contributed by atoms with Gasteiger partial charge in [-0.1, -0.05) is 11.6 Å². The highest BCUT2D eigenvalue weighted by Gasteiger charge is 2.35. The lowest BCUT2D eigenvalue weighted by Gasteiger charge is -2.30. The van der Waals surface area contributed by atoms with Crippen LogP contribution in [0.3, 0.4) is 0 Å². The molecular weight excluding hydrogens is 504 g/mol. The van der Waals surface area contributed by atoms with Gasteiger partial charge in [0, 0.05) is 37.1 Å². The van der Waals surface area contributed by atoms with Crippen molar-refractivity contribution in [3.63, 3.8) is 0 Å². The monoisotopic (exact) mass is 530 g/mol. The van der Waals surface area contributed by atoms with Crippen LogP contribution >= 0.6 is 34.3 Å². The Morgan fingerprint density at radius 3 is 2.64 bits per heavy atom. The zero-order valence-corrected chi connectivity index (χ0v) is 21.7. The van der Waals surface area contributed by atoms with Crippen LogP contribution in [0, 0.1) is 5.92 Å². The molecule has 180 valence electrons. The molecule has 0 spiro atoms. The second-order valence-electron chi connectivity index (χ2n) is 8.64. The summed E-state index contributed by atoms with van der Waals surface area (Å²) in [6.07, 6.45) is 1.85. The molecule has 2 amide bonds. The van der Waals surface area contributed by atoms with Crippen LogP contribution in [0.1, 0.15) is 47.5 Å². The number of primary amides is 1. The molecule has 1 fully saturated rings. The number of nitrogens with one attached hydrogen (secondary N) is 1. The molecule has 2 aliphatic heterocycles. The van der Waals surface area contributed by atoms with Gasteiger partial charge in [0.15, 0.2) is 0 Å². The van der Waals surface area contributed by atoms with Gasteiger partial charge < -0.3 is 11.1 Å². The summed E-state index contributed by atoms with van der Waals surface area (Å²) in [5, 5.41) is 3.36. The molecule has 12 heteroatoms. The highest BCUT2D eigenvalue weighted by atomic mass is 35.5. The minimum atomic E-state index is -3.71. The Morgan fingerprint density at radius 2 is 2.00 bits per heavy atom. The summed E-state index contributed by atoms with van der Waals surface area (Å²) in [4.78, 5) is 28.7. The maximum Gasteiger partial charge on any atom is 0.252 e. The van der Waals surface area contributed by atoms with Gasteiger partial charge in [0.05, 0.1) is 15.8 Å². The largest absolute Gasteiger partial charge is 0.365 e. The maximum absolute atomic E-state index is 13.1. The van der Waals surface area contributed by atoms with E-state index in [-0.39, 0.29) is 16.7 Å². The third kappa shape index (κ3) is 4.98. The van der Waals surface area contributed by atoms with Crippen LogP contribution in [0.15, 0.2) is 16.3 Å². The van der Waals surface area contributed by atoms with Crippen molar-refractivity contribution >= 4 is 61.1 Å². The van der Waals surface area contributed by atoms with E-state index in [2.05, 4.69) is 24.1 Å². The van der Waals surface area contributed by atoms with Gasteiger partial charge in [0.2, 0.25) is 5.91 Å². The SMILES string of the molecule is CC(C)N1CCc2c(sc(NC(=O)C3CCCN(S(=O)(=O)c4ccc(Cl)s4)C3)c2C(N)=O)C1. The van der Waals surface area contributed by atoms with Gasteiger partial charge in [-0.15, -0.1) is 22.7 Å². The third-order valence-electron chi connectivity index (χ3n) is 6.20. The molecule has 33 heavy (non-hydrogen) atoms. The van der Waals surface area contributed by atoms with Crippen molar-refractivity contribution in [3.8, 4) is 0 Å². The predicted molar refractivity (Wildman–Crippen MR) is 132 cm³/mol. The maximum atomic E-state index is 13.1. The lowest BCUT2D eigenvalue weighted by atomic mass is 9.98. The first kappa shape index (κ1) is 24.6. The minimum Gasteiger partial charge on any atom is -0.365 e. The van der Waals surface area contributed by atoms with Crippen LogP contribution in [0.2, 0.25) is 4.34 Å². The molecule has 2 aromatic heterocycles. The molecule has 3 N–H and O–H groups in total. The molecule has 0 aromatic carbocycles. The molecule has 2 aliphatic rings. The number of fused-ring (bicyclic) bond motifs is 1. The number of hydrogen-bond acceptors (Lipinski definition) is 7. The van der Waals surface area contributed by atoms with Crippen LogP contribution in [-0.4, -0.2) is 55.1 Å². The van der Waals surface area contributed by atoms with E-state index in [4.69, 9.17) is 17.3 Å². The smallest absolute Gasteiger partial charge is 0.252 e. The van der Waals surface area contributed by atoms with Crippen LogP contribution in [-0.2, 0) is 27.8 Å². The van der Waals surface area contributed by atoms with Crippen molar-refractivity contribution in [2.75, 3.05) is 25.0 Å². The van der Waals surface area contributed by atoms with E-state index in [9.17, 15) is 18.0 Å². The van der Waals surface area contributed by atoms with Gasteiger partial charge >= 0.3 is 0 Å². The second-order valence-corrected chi connectivity index (χ2v) is 13.6. The van der Waals surface area contributed by atoms with E-state index in [0.717, 1.165) is 28.3 Å². The molecule has 4 rings (SSSR count).